The van der Waals surface area contributed by atoms with Crippen LogP contribution in [0.5, 0.6) is 11.5 Å². The number of aromatic hydroxyl groups is 2. The van der Waals surface area contributed by atoms with Crippen molar-refractivity contribution in [3.63, 3.8) is 0 Å². The minimum absolute atomic E-state index is 0.0224. The van der Waals surface area contributed by atoms with Crippen LogP contribution in [0.15, 0.2) is 35.0 Å². The average Bonchev–Trinajstić information content (AvgIpc) is 2.94. The summed E-state index contributed by atoms with van der Waals surface area (Å²) in [4.78, 5) is 8.26. The summed E-state index contributed by atoms with van der Waals surface area (Å²) in [6, 6.07) is 6.66. The normalized spacial score (nSPS) is 10.8. The molecule has 6 heteroatoms. The van der Waals surface area contributed by atoms with Crippen LogP contribution in [0.2, 0.25) is 0 Å². The summed E-state index contributed by atoms with van der Waals surface area (Å²) < 4.78 is 5.15. The maximum atomic E-state index is 9.79. The monoisotopic (exact) mass is 283 g/mol. The quantitative estimate of drug-likeness (QED) is 0.751. The highest BCUT2D eigenvalue weighted by molar-refractivity contribution is 5.64. The number of hydrogen-bond acceptors (Lipinski definition) is 6. The lowest BCUT2D eigenvalue weighted by molar-refractivity contribution is 0.423. The van der Waals surface area contributed by atoms with Gasteiger partial charge in [0.1, 0.15) is 11.5 Å². The number of benzene rings is 1. The zero-order valence-electron chi connectivity index (χ0n) is 11.5. The summed E-state index contributed by atoms with van der Waals surface area (Å²) in [5.74, 6) is 0.753. The molecule has 3 rings (SSSR count). The van der Waals surface area contributed by atoms with Gasteiger partial charge in [0, 0.05) is 11.8 Å². The van der Waals surface area contributed by atoms with Crippen LogP contribution in [-0.2, 0) is 0 Å². The fourth-order valence-corrected chi connectivity index (χ4v) is 2.08. The lowest BCUT2D eigenvalue weighted by atomic mass is 10.1. The Morgan fingerprint density at radius 3 is 2.48 bits per heavy atom. The summed E-state index contributed by atoms with van der Waals surface area (Å²) in [6.45, 7) is 3.61. The molecule has 0 atom stereocenters. The molecule has 0 radical (unpaired) electrons. The number of rotatable bonds is 2. The molecule has 0 fully saturated rings. The van der Waals surface area contributed by atoms with Crippen molar-refractivity contribution in [2.75, 3.05) is 0 Å². The first-order chi connectivity index (χ1) is 10.1. The standard InChI is InChI=1S/C15H13N3O3/c1-8-6-10(7-9(2)13(8)20)14-17-15(21-18-14)12-11(19)4-3-5-16-12/h3-7,19-20H,1-2H3. The van der Waals surface area contributed by atoms with Gasteiger partial charge in [0.25, 0.3) is 5.89 Å². The Morgan fingerprint density at radius 2 is 1.81 bits per heavy atom. The first kappa shape index (κ1) is 13.1. The van der Waals surface area contributed by atoms with Crippen molar-refractivity contribution < 1.29 is 14.7 Å². The van der Waals surface area contributed by atoms with Gasteiger partial charge in [-0.15, -0.1) is 0 Å². The molecule has 2 N–H and O–H groups in total. The number of pyridine rings is 1. The summed E-state index contributed by atoms with van der Waals surface area (Å²) in [7, 11) is 0. The van der Waals surface area contributed by atoms with Crippen LogP contribution in [0.4, 0.5) is 0 Å². The van der Waals surface area contributed by atoms with Gasteiger partial charge in [0.2, 0.25) is 5.82 Å². The Bertz CT molecular complexity index is 788. The molecule has 3 aromatic rings. The lowest BCUT2D eigenvalue weighted by Crippen LogP contribution is -1.87. The Kier molecular flexibility index (Phi) is 3.06. The number of phenols is 1. The van der Waals surface area contributed by atoms with E-state index in [1.807, 2.05) is 0 Å². The number of hydrogen-bond donors (Lipinski definition) is 2. The second-order valence-corrected chi connectivity index (χ2v) is 4.75. The molecule has 21 heavy (non-hydrogen) atoms. The summed E-state index contributed by atoms with van der Waals surface area (Å²) in [5, 5.41) is 23.4. The molecule has 6 nitrogen and oxygen atoms in total. The molecular weight excluding hydrogens is 270 g/mol. The third-order valence-corrected chi connectivity index (χ3v) is 3.16. The van der Waals surface area contributed by atoms with E-state index >= 15 is 0 Å². The molecule has 0 aliphatic heterocycles. The second kappa shape index (κ2) is 4.90. The molecule has 0 aliphatic carbocycles. The van der Waals surface area contributed by atoms with Crippen molar-refractivity contribution in [2.45, 2.75) is 13.8 Å². The molecule has 0 saturated heterocycles. The van der Waals surface area contributed by atoms with Gasteiger partial charge >= 0.3 is 0 Å². The van der Waals surface area contributed by atoms with Crippen molar-refractivity contribution >= 4 is 0 Å². The first-order valence-corrected chi connectivity index (χ1v) is 6.35. The Morgan fingerprint density at radius 1 is 1.10 bits per heavy atom. The topological polar surface area (TPSA) is 92.3 Å². The van der Waals surface area contributed by atoms with Crippen LogP contribution in [-0.4, -0.2) is 25.3 Å². The Labute approximate surface area is 120 Å². The van der Waals surface area contributed by atoms with Crippen molar-refractivity contribution in [2.24, 2.45) is 0 Å². The van der Waals surface area contributed by atoms with Crippen LogP contribution >= 0.6 is 0 Å². The minimum Gasteiger partial charge on any atom is -0.507 e. The van der Waals surface area contributed by atoms with Gasteiger partial charge in [0.05, 0.1) is 0 Å². The SMILES string of the molecule is Cc1cc(-c2noc(-c3ncccc3O)n2)cc(C)c1O. The van der Waals surface area contributed by atoms with Crippen LogP contribution in [0.3, 0.4) is 0 Å². The molecule has 1 aromatic carbocycles. The maximum Gasteiger partial charge on any atom is 0.280 e. The van der Waals surface area contributed by atoms with Gasteiger partial charge in [-0.25, -0.2) is 4.98 Å². The fraction of sp³-hybridized carbons (Fsp3) is 0.133. The van der Waals surface area contributed by atoms with E-state index < -0.39 is 0 Å². The molecule has 0 amide bonds. The highest BCUT2D eigenvalue weighted by atomic mass is 16.5. The highest BCUT2D eigenvalue weighted by Gasteiger charge is 2.16. The van der Waals surface area contributed by atoms with Gasteiger partial charge in [-0.1, -0.05) is 5.16 Å². The predicted molar refractivity (Wildman–Crippen MR) is 75.8 cm³/mol. The second-order valence-electron chi connectivity index (χ2n) is 4.75. The minimum atomic E-state index is -0.0224. The molecule has 0 spiro atoms. The highest BCUT2D eigenvalue weighted by Crippen LogP contribution is 2.30. The van der Waals surface area contributed by atoms with E-state index in [-0.39, 0.29) is 23.1 Å². The van der Waals surface area contributed by atoms with Crippen LogP contribution < -0.4 is 0 Å². The zero-order valence-corrected chi connectivity index (χ0v) is 11.5. The van der Waals surface area contributed by atoms with Gasteiger partial charge < -0.3 is 14.7 Å². The van der Waals surface area contributed by atoms with Crippen LogP contribution in [0.25, 0.3) is 23.0 Å². The van der Waals surface area contributed by atoms with E-state index in [4.69, 9.17) is 4.52 Å². The molecule has 106 valence electrons. The third kappa shape index (κ3) is 2.31. The molecule has 0 aliphatic rings. The first-order valence-electron chi connectivity index (χ1n) is 6.35. The Balaban J connectivity index is 2.05. The van der Waals surface area contributed by atoms with Crippen LogP contribution in [0, 0.1) is 13.8 Å². The van der Waals surface area contributed by atoms with E-state index in [2.05, 4.69) is 15.1 Å². The van der Waals surface area contributed by atoms with Crippen molar-refractivity contribution in [1.29, 1.82) is 0 Å². The van der Waals surface area contributed by atoms with Crippen molar-refractivity contribution in [3.8, 4) is 34.5 Å². The number of aryl methyl sites for hydroxylation is 2. The molecule has 0 bridgehead atoms. The summed E-state index contributed by atoms with van der Waals surface area (Å²) in [6.07, 6.45) is 1.54. The number of nitrogens with zero attached hydrogens (tertiary/aromatic N) is 3. The predicted octanol–water partition coefficient (Wildman–Crippen LogP) is 2.83. The molecule has 0 unspecified atom stereocenters. The fourth-order valence-electron chi connectivity index (χ4n) is 2.08. The van der Waals surface area contributed by atoms with Gasteiger partial charge in [-0.2, -0.15) is 4.98 Å². The van der Waals surface area contributed by atoms with Gasteiger partial charge in [-0.3, -0.25) is 0 Å². The molecular formula is C15H13N3O3. The zero-order chi connectivity index (χ0) is 15.0. The molecule has 0 saturated carbocycles. The van der Waals surface area contributed by atoms with Gasteiger partial charge in [0.15, 0.2) is 5.69 Å². The van der Waals surface area contributed by atoms with Crippen molar-refractivity contribution in [1.82, 2.24) is 15.1 Å². The van der Waals surface area contributed by atoms with Gasteiger partial charge in [-0.05, 0) is 49.2 Å². The molecule has 2 heterocycles. The third-order valence-electron chi connectivity index (χ3n) is 3.16. The number of phenolic OH excluding ortho intramolecular Hbond substituents is 1. The summed E-state index contributed by atoms with van der Waals surface area (Å²) >= 11 is 0. The summed E-state index contributed by atoms with van der Waals surface area (Å²) in [5.41, 5.74) is 2.44. The van der Waals surface area contributed by atoms with E-state index in [0.717, 1.165) is 16.7 Å². The largest absolute Gasteiger partial charge is 0.507 e. The van der Waals surface area contributed by atoms with E-state index in [1.54, 1.807) is 32.0 Å². The van der Waals surface area contributed by atoms with Crippen molar-refractivity contribution in [3.05, 3.63) is 41.6 Å². The average molecular weight is 283 g/mol. The van der Waals surface area contributed by atoms with E-state index in [1.165, 1.54) is 12.3 Å². The van der Waals surface area contributed by atoms with E-state index in [9.17, 15) is 10.2 Å². The lowest BCUT2D eigenvalue weighted by Gasteiger charge is -2.04. The smallest absolute Gasteiger partial charge is 0.280 e. The Hall–Kier alpha value is -2.89. The molecule has 2 aromatic heterocycles. The number of aromatic nitrogens is 3. The van der Waals surface area contributed by atoms with Crippen LogP contribution in [0.1, 0.15) is 11.1 Å². The maximum absolute atomic E-state index is 9.79. The van der Waals surface area contributed by atoms with E-state index in [0.29, 0.717) is 5.82 Å².